The number of hydrogen-bond acceptors (Lipinski definition) is 7. The van der Waals surface area contributed by atoms with Crippen molar-refractivity contribution >= 4 is 33.4 Å². The summed E-state index contributed by atoms with van der Waals surface area (Å²) in [6.07, 6.45) is -6.20. The van der Waals surface area contributed by atoms with Crippen LogP contribution in [0.25, 0.3) is 16.9 Å². The van der Waals surface area contributed by atoms with Crippen LogP contribution in [-0.2, 0) is 25.8 Å². The van der Waals surface area contributed by atoms with E-state index in [0.29, 0.717) is 23.5 Å². The van der Waals surface area contributed by atoms with Crippen molar-refractivity contribution in [3.8, 4) is 16.9 Å². The summed E-state index contributed by atoms with van der Waals surface area (Å²) in [7, 11) is 1.43. The number of amides is 2. The van der Waals surface area contributed by atoms with E-state index in [2.05, 4.69) is 31.2 Å². The number of alkyl halides is 6. The lowest BCUT2D eigenvalue weighted by Crippen LogP contribution is -2.57. The van der Waals surface area contributed by atoms with E-state index in [-0.39, 0.29) is 59.8 Å². The molecule has 2 aliphatic heterocycles. The van der Waals surface area contributed by atoms with Gasteiger partial charge < -0.3 is 15.1 Å². The largest absolute Gasteiger partial charge is 0.417 e. The molecule has 1 N–H and O–H groups in total. The molecule has 2 aliphatic rings. The number of rotatable bonds is 7. The number of carbonyl (C=O) groups is 2. The SMILES string of the molecule is C[C@H]1Cn2c(c(C(=O)NCc3ccccc3-c3ccncn3)n(-c3ccc(N4CCN(C)[C@H](C(F)(F)F)C4)cc3)c2=O)CN1C(=O)c1ccc(Br)c(C(F)(F)F)c1. The summed E-state index contributed by atoms with van der Waals surface area (Å²) in [5, 5.41) is 2.89. The van der Waals surface area contributed by atoms with Gasteiger partial charge in [-0.3, -0.25) is 23.6 Å². The molecular weight excluding hydrogens is 822 g/mol. The van der Waals surface area contributed by atoms with E-state index in [9.17, 15) is 40.7 Å². The van der Waals surface area contributed by atoms with Crippen LogP contribution in [0.1, 0.15) is 44.6 Å². The number of piperazine rings is 1. The highest BCUT2D eigenvalue weighted by Crippen LogP contribution is 2.36. The lowest BCUT2D eigenvalue weighted by molar-refractivity contribution is -0.180. The molecule has 2 amide bonds. The molecule has 2 aromatic heterocycles. The molecule has 1 fully saturated rings. The van der Waals surface area contributed by atoms with Crippen molar-refractivity contribution in [1.82, 2.24) is 34.2 Å². The van der Waals surface area contributed by atoms with Gasteiger partial charge in [0.05, 0.1) is 29.2 Å². The van der Waals surface area contributed by atoms with Crippen LogP contribution in [0.15, 0.2) is 94.6 Å². The predicted molar refractivity (Wildman–Crippen MR) is 202 cm³/mol. The number of benzene rings is 3. The van der Waals surface area contributed by atoms with Crippen LogP contribution in [0.5, 0.6) is 0 Å². The minimum absolute atomic E-state index is 0.00129. The smallest absolute Gasteiger partial charge is 0.368 e. The molecule has 0 radical (unpaired) electrons. The van der Waals surface area contributed by atoms with Crippen LogP contribution in [-0.4, -0.2) is 85.7 Å². The maximum Gasteiger partial charge on any atom is 0.417 e. The molecule has 4 heterocycles. The molecule has 57 heavy (non-hydrogen) atoms. The van der Waals surface area contributed by atoms with Gasteiger partial charge in [-0.25, -0.2) is 14.8 Å². The zero-order valence-corrected chi connectivity index (χ0v) is 32.1. The fourth-order valence-electron chi connectivity index (χ4n) is 7.31. The molecule has 298 valence electrons. The van der Waals surface area contributed by atoms with Crippen molar-refractivity contribution in [2.75, 3.05) is 31.6 Å². The second-order valence-electron chi connectivity index (χ2n) is 13.9. The van der Waals surface area contributed by atoms with E-state index in [1.54, 1.807) is 48.4 Å². The maximum atomic E-state index is 14.4. The highest BCUT2D eigenvalue weighted by atomic mass is 79.9. The fraction of sp³-hybridized carbons (Fsp3) is 0.308. The van der Waals surface area contributed by atoms with Gasteiger partial charge in [0.2, 0.25) is 0 Å². The van der Waals surface area contributed by atoms with Crippen molar-refractivity contribution in [3.63, 3.8) is 0 Å². The first-order valence-electron chi connectivity index (χ1n) is 17.8. The third-order valence-electron chi connectivity index (χ3n) is 10.4. The van der Waals surface area contributed by atoms with Crippen molar-refractivity contribution in [2.45, 2.75) is 51.0 Å². The molecule has 0 spiro atoms. The highest BCUT2D eigenvalue weighted by molar-refractivity contribution is 9.10. The molecule has 18 heteroatoms. The van der Waals surface area contributed by atoms with Gasteiger partial charge in [-0.05, 0) is 68.1 Å². The molecule has 0 aliphatic carbocycles. The molecule has 0 unspecified atom stereocenters. The Balaban J connectivity index is 1.26. The van der Waals surface area contributed by atoms with Gasteiger partial charge in [0.1, 0.15) is 18.1 Å². The fourth-order valence-corrected chi connectivity index (χ4v) is 7.78. The molecule has 5 aromatic rings. The van der Waals surface area contributed by atoms with Crippen LogP contribution >= 0.6 is 15.9 Å². The molecule has 7 rings (SSSR count). The highest BCUT2D eigenvalue weighted by Gasteiger charge is 2.45. The number of carbonyl (C=O) groups excluding carboxylic acids is 2. The Bertz CT molecular complexity index is 2370. The van der Waals surface area contributed by atoms with E-state index in [1.807, 2.05) is 12.1 Å². The van der Waals surface area contributed by atoms with Crippen LogP contribution in [0.4, 0.5) is 32.0 Å². The van der Waals surface area contributed by atoms with E-state index in [4.69, 9.17) is 0 Å². The van der Waals surface area contributed by atoms with Crippen LogP contribution in [0.2, 0.25) is 0 Å². The van der Waals surface area contributed by atoms with E-state index < -0.39 is 47.5 Å². The Hall–Kier alpha value is -5.49. The number of aromatic nitrogens is 4. The van der Waals surface area contributed by atoms with E-state index >= 15 is 0 Å². The van der Waals surface area contributed by atoms with Gasteiger partial charge in [0.15, 0.2) is 0 Å². The van der Waals surface area contributed by atoms with Crippen molar-refractivity contribution in [3.05, 3.63) is 128 Å². The van der Waals surface area contributed by atoms with Crippen LogP contribution < -0.4 is 15.9 Å². The summed E-state index contributed by atoms with van der Waals surface area (Å²) in [6, 6.07) is 16.0. The first kappa shape index (κ1) is 39.7. The summed E-state index contributed by atoms with van der Waals surface area (Å²) >= 11 is 2.91. The standard InChI is InChI=1S/C39H35BrF6N8O3/c1-23-19-53-32(20-52(23)36(56)24-7-12-30(40)29(17-24)38(41,42)43)34(35(55)48-18-25-5-3-4-6-28(25)31-13-14-47-22-49-31)54(37(53)57)27-10-8-26(9-11-27)51-16-15-50(2)33(21-51)39(44,45)46/h3-14,17,22-23,33H,15-16,18-21H2,1-2H3,(H,48,55)/t23-,33-/m0/s1. The first-order chi connectivity index (χ1) is 27.0. The van der Waals surface area contributed by atoms with Gasteiger partial charge in [-0.1, -0.05) is 40.2 Å². The molecule has 3 aromatic carbocycles. The number of halogens is 7. The van der Waals surface area contributed by atoms with Gasteiger partial charge in [0.25, 0.3) is 11.8 Å². The monoisotopic (exact) mass is 856 g/mol. The molecule has 0 bridgehead atoms. The molecule has 11 nitrogen and oxygen atoms in total. The maximum absolute atomic E-state index is 14.4. The summed E-state index contributed by atoms with van der Waals surface area (Å²) in [4.78, 5) is 55.0. The summed E-state index contributed by atoms with van der Waals surface area (Å²) in [5.74, 6) is -1.41. The predicted octanol–water partition coefficient (Wildman–Crippen LogP) is 6.53. The lowest BCUT2D eigenvalue weighted by atomic mass is 10.0. The van der Waals surface area contributed by atoms with Crippen LogP contribution in [0, 0.1) is 0 Å². The third kappa shape index (κ3) is 7.92. The minimum Gasteiger partial charge on any atom is -0.368 e. The third-order valence-corrected chi connectivity index (χ3v) is 11.0. The Morgan fingerprint density at radius 3 is 2.33 bits per heavy atom. The van der Waals surface area contributed by atoms with Crippen molar-refractivity contribution in [1.29, 1.82) is 0 Å². The summed E-state index contributed by atoms with van der Waals surface area (Å²) < 4.78 is 85.0. The van der Waals surface area contributed by atoms with Crippen LogP contribution in [0.3, 0.4) is 0 Å². The molecule has 1 saturated heterocycles. The van der Waals surface area contributed by atoms with Gasteiger partial charge >= 0.3 is 18.0 Å². The zero-order valence-electron chi connectivity index (χ0n) is 30.5. The van der Waals surface area contributed by atoms with E-state index in [1.165, 1.54) is 50.5 Å². The average molecular weight is 858 g/mol. The number of nitrogens with one attached hydrogen (secondary N) is 1. The Kier molecular flexibility index (Phi) is 10.8. The molecular formula is C39H35BrF6N8O3. The topological polar surface area (TPSA) is 109 Å². The van der Waals surface area contributed by atoms with Gasteiger partial charge in [-0.2, -0.15) is 26.3 Å². The quantitative estimate of drug-likeness (QED) is 0.186. The number of likely N-dealkylation sites (N-methyl/N-ethyl adjacent to an activating group) is 1. The van der Waals surface area contributed by atoms with Crippen molar-refractivity contribution < 1.29 is 35.9 Å². The second-order valence-corrected chi connectivity index (χ2v) is 14.8. The van der Waals surface area contributed by atoms with Gasteiger partial charge in [-0.15, -0.1) is 0 Å². The first-order valence-corrected chi connectivity index (χ1v) is 18.6. The number of hydrogen-bond donors (Lipinski definition) is 1. The Labute approximate surface area is 330 Å². The second kappa shape index (κ2) is 15.5. The average Bonchev–Trinajstić information content (AvgIpc) is 3.46. The lowest BCUT2D eigenvalue weighted by Gasteiger charge is -2.41. The minimum atomic E-state index is -4.74. The normalized spacial score (nSPS) is 17.7. The molecule has 2 atom stereocenters. The number of anilines is 1. The zero-order chi connectivity index (χ0) is 40.8. The van der Waals surface area contributed by atoms with Gasteiger partial charge in [0, 0.05) is 66.2 Å². The van der Waals surface area contributed by atoms with Crippen molar-refractivity contribution in [2.24, 2.45) is 0 Å². The Morgan fingerprint density at radius 1 is 0.930 bits per heavy atom. The summed E-state index contributed by atoms with van der Waals surface area (Å²) in [6.45, 7) is 1.48. The number of imidazole rings is 1. The summed E-state index contributed by atoms with van der Waals surface area (Å²) in [5.41, 5.74) is 0.934. The Morgan fingerprint density at radius 2 is 1.65 bits per heavy atom. The molecule has 0 saturated carbocycles. The number of fused-ring (bicyclic) bond motifs is 1. The number of nitrogens with zero attached hydrogens (tertiary/aromatic N) is 7. The van der Waals surface area contributed by atoms with E-state index in [0.717, 1.165) is 17.7 Å².